The molecule has 1 rings (SSSR count). The summed E-state index contributed by atoms with van der Waals surface area (Å²) in [5.41, 5.74) is 0.480. The number of nitriles is 1. The highest BCUT2D eigenvalue weighted by atomic mass is 79.9. The van der Waals surface area contributed by atoms with Crippen LogP contribution in [0.5, 0.6) is 5.75 Å². The third kappa shape index (κ3) is 3.72. The summed E-state index contributed by atoms with van der Waals surface area (Å²) in [5.74, 6) is 0.630. The van der Waals surface area contributed by atoms with Gasteiger partial charge in [-0.2, -0.15) is 5.26 Å². The lowest BCUT2D eigenvalue weighted by Crippen LogP contribution is -2.43. The van der Waals surface area contributed by atoms with E-state index in [1.165, 1.54) is 0 Å². The van der Waals surface area contributed by atoms with Crippen LogP contribution in [0.2, 0.25) is 0 Å². The highest BCUT2D eigenvalue weighted by Gasteiger charge is 2.21. The molecule has 0 amide bonds. The average molecular weight is 297 g/mol. The van der Waals surface area contributed by atoms with Gasteiger partial charge in [0.15, 0.2) is 0 Å². The normalized spacial score (nSPS) is 11.4. The molecule has 0 saturated heterocycles. The molecule has 0 radical (unpaired) electrons. The van der Waals surface area contributed by atoms with Gasteiger partial charge in [0.2, 0.25) is 0 Å². The van der Waals surface area contributed by atoms with Gasteiger partial charge in [-0.25, -0.2) is 0 Å². The van der Waals surface area contributed by atoms with Gasteiger partial charge >= 0.3 is 0 Å². The molecule has 0 N–H and O–H groups in total. The molecule has 0 fully saturated rings. The number of likely N-dealkylation sites (N-methyl/N-ethyl adjacent to an activating group) is 1. The van der Waals surface area contributed by atoms with Gasteiger partial charge in [-0.3, -0.25) is 0 Å². The minimum absolute atomic E-state index is 0.0696. The van der Waals surface area contributed by atoms with Crippen molar-refractivity contribution in [3.63, 3.8) is 0 Å². The molecular weight excluding hydrogens is 280 g/mol. The predicted molar refractivity (Wildman–Crippen MR) is 72.1 cm³/mol. The van der Waals surface area contributed by atoms with Crippen LogP contribution in [-0.2, 0) is 0 Å². The molecular formula is C13H17BrN2O. The van der Waals surface area contributed by atoms with Crippen LogP contribution in [0.4, 0.5) is 0 Å². The van der Waals surface area contributed by atoms with E-state index >= 15 is 0 Å². The average Bonchev–Trinajstić information content (AvgIpc) is 2.27. The van der Waals surface area contributed by atoms with E-state index in [1.807, 2.05) is 26.2 Å². The molecule has 0 heterocycles. The van der Waals surface area contributed by atoms with Crippen LogP contribution < -0.4 is 4.74 Å². The monoisotopic (exact) mass is 296 g/mol. The van der Waals surface area contributed by atoms with Crippen LogP contribution in [0.25, 0.3) is 0 Å². The second kappa shape index (κ2) is 5.52. The topological polar surface area (TPSA) is 36.3 Å². The van der Waals surface area contributed by atoms with E-state index in [9.17, 15) is 0 Å². The summed E-state index contributed by atoms with van der Waals surface area (Å²) >= 11 is 3.34. The summed E-state index contributed by atoms with van der Waals surface area (Å²) in [6.45, 7) is 4.73. The highest BCUT2D eigenvalue weighted by molar-refractivity contribution is 9.10. The smallest absolute Gasteiger partial charge is 0.137 e. The Hall–Kier alpha value is -1.05. The molecule has 4 heteroatoms. The first-order chi connectivity index (χ1) is 7.86. The fraction of sp³-hybridized carbons (Fsp3) is 0.462. The second-order valence-electron chi connectivity index (χ2n) is 4.75. The largest absolute Gasteiger partial charge is 0.490 e. The van der Waals surface area contributed by atoms with E-state index < -0.39 is 0 Å². The predicted octanol–water partition coefficient (Wildman–Crippen LogP) is 3.04. The molecule has 0 bridgehead atoms. The van der Waals surface area contributed by atoms with Crippen LogP contribution in [-0.4, -0.2) is 31.1 Å². The van der Waals surface area contributed by atoms with Gasteiger partial charge in [0.25, 0.3) is 0 Å². The van der Waals surface area contributed by atoms with Crippen molar-refractivity contribution in [3.05, 3.63) is 28.2 Å². The fourth-order valence-electron chi connectivity index (χ4n) is 1.10. The Morgan fingerprint density at radius 3 is 2.59 bits per heavy atom. The van der Waals surface area contributed by atoms with E-state index in [0.29, 0.717) is 17.9 Å². The third-order valence-corrected chi connectivity index (χ3v) is 3.35. The standard InChI is InChI=1S/C13H17BrN2O/c1-13(2,16(3)4)9-17-12-6-5-11(14)7-10(12)8-15/h5-7H,9H2,1-4H3. The number of benzene rings is 1. The molecule has 0 saturated carbocycles. The first-order valence-electron chi connectivity index (χ1n) is 5.37. The molecule has 0 spiro atoms. The van der Waals surface area contributed by atoms with Crippen molar-refractivity contribution < 1.29 is 4.74 Å². The SMILES string of the molecule is CN(C)C(C)(C)COc1ccc(Br)cc1C#N. The fourth-order valence-corrected chi connectivity index (χ4v) is 1.46. The first-order valence-corrected chi connectivity index (χ1v) is 6.16. The lowest BCUT2D eigenvalue weighted by molar-refractivity contribution is 0.114. The van der Waals surface area contributed by atoms with Crippen molar-refractivity contribution in [2.75, 3.05) is 20.7 Å². The Morgan fingerprint density at radius 2 is 2.06 bits per heavy atom. The molecule has 17 heavy (non-hydrogen) atoms. The molecule has 1 aromatic rings. The van der Waals surface area contributed by atoms with E-state index in [2.05, 4.69) is 40.7 Å². The summed E-state index contributed by atoms with van der Waals surface area (Å²) in [4.78, 5) is 2.10. The van der Waals surface area contributed by atoms with Crippen LogP contribution >= 0.6 is 15.9 Å². The van der Waals surface area contributed by atoms with E-state index in [1.54, 1.807) is 6.07 Å². The van der Waals surface area contributed by atoms with Gasteiger partial charge < -0.3 is 9.64 Å². The number of nitrogens with zero attached hydrogens (tertiary/aromatic N) is 2. The number of ether oxygens (including phenoxy) is 1. The van der Waals surface area contributed by atoms with E-state index in [4.69, 9.17) is 10.00 Å². The van der Waals surface area contributed by atoms with Crippen molar-refractivity contribution in [3.8, 4) is 11.8 Å². The Balaban J connectivity index is 2.80. The quantitative estimate of drug-likeness (QED) is 0.857. The summed E-state index contributed by atoms with van der Waals surface area (Å²) in [6, 6.07) is 7.58. The molecule has 0 aliphatic heterocycles. The van der Waals surface area contributed by atoms with Crippen molar-refractivity contribution in [1.82, 2.24) is 4.90 Å². The van der Waals surface area contributed by atoms with Crippen LogP contribution in [0.1, 0.15) is 19.4 Å². The molecule has 0 atom stereocenters. The molecule has 3 nitrogen and oxygen atoms in total. The zero-order valence-corrected chi connectivity index (χ0v) is 12.2. The van der Waals surface area contributed by atoms with Gasteiger partial charge in [-0.1, -0.05) is 15.9 Å². The van der Waals surface area contributed by atoms with Crippen LogP contribution in [0.15, 0.2) is 22.7 Å². The van der Waals surface area contributed by atoms with Crippen molar-refractivity contribution in [2.24, 2.45) is 0 Å². The lowest BCUT2D eigenvalue weighted by atomic mass is 10.1. The van der Waals surface area contributed by atoms with Gasteiger partial charge in [0.1, 0.15) is 18.4 Å². The van der Waals surface area contributed by atoms with Crippen molar-refractivity contribution >= 4 is 15.9 Å². The molecule has 0 aromatic heterocycles. The molecule has 1 aromatic carbocycles. The summed E-state index contributed by atoms with van der Waals surface area (Å²) in [7, 11) is 4.02. The number of halogens is 1. The number of hydrogen-bond acceptors (Lipinski definition) is 3. The van der Waals surface area contributed by atoms with Gasteiger partial charge in [0.05, 0.1) is 5.56 Å². The third-order valence-electron chi connectivity index (χ3n) is 2.85. The molecule has 0 aliphatic rings. The Morgan fingerprint density at radius 1 is 1.41 bits per heavy atom. The minimum atomic E-state index is -0.0696. The van der Waals surface area contributed by atoms with Crippen molar-refractivity contribution in [1.29, 1.82) is 5.26 Å². The van der Waals surface area contributed by atoms with Crippen molar-refractivity contribution in [2.45, 2.75) is 19.4 Å². The zero-order chi connectivity index (χ0) is 13.1. The highest BCUT2D eigenvalue weighted by Crippen LogP contribution is 2.23. The Bertz CT molecular complexity index is 436. The maximum Gasteiger partial charge on any atom is 0.137 e. The Kier molecular flexibility index (Phi) is 4.55. The minimum Gasteiger partial charge on any atom is -0.490 e. The molecule has 0 aliphatic carbocycles. The van der Waals surface area contributed by atoms with Crippen LogP contribution in [0.3, 0.4) is 0 Å². The summed E-state index contributed by atoms with van der Waals surface area (Å²) < 4.78 is 6.61. The number of rotatable bonds is 4. The number of hydrogen-bond donors (Lipinski definition) is 0. The maximum absolute atomic E-state index is 9.02. The molecule has 92 valence electrons. The zero-order valence-electron chi connectivity index (χ0n) is 10.6. The lowest BCUT2D eigenvalue weighted by Gasteiger charge is -2.32. The van der Waals surface area contributed by atoms with Gasteiger partial charge in [-0.05, 0) is 46.1 Å². The maximum atomic E-state index is 9.02. The van der Waals surface area contributed by atoms with E-state index in [-0.39, 0.29) is 5.54 Å². The second-order valence-corrected chi connectivity index (χ2v) is 5.66. The first kappa shape index (κ1) is 14.0. The Labute approximate surface area is 111 Å². The summed E-state index contributed by atoms with van der Waals surface area (Å²) in [6.07, 6.45) is 0. The molecule has 0 unspecified atom stereocenters. The van der Waals surface area contributed by atoms with Gasteiger partial charge in [0, 0.05) is 10.0 Å². The van der Waals surface area contributed by atoms with E-state index in [0.717, 1.165) is 4.47 Å². The van der Waals surface area contributed by atoms with Crippen LogP contribution in [0, 0.1) is 11.3 Å². The summed E-state index contributed by atoms with van der Waals surface area (Å²) in [5, 5.41) is 9.02. The van der Waals surface area contributed by atoms with Gasteiger partial charge in [-0.15, -0.1) is 0 Å².